The Bertz CT molecular complexity index is 258. The molecule has 2 aliphatic rings. The summed E-state index contributed by atoms with van der Waals surface area (Å²) < 4.78 is 5.35. The largest absolute Gasteiger partial charge is 0.381 e. The average molecular weight is 242 g/mol. The standard InChI is InChI=1S/C12H22N2OS/c1-3-12(4-2)9-16-11(14-12)13-10-5-7-15-8-6-10/h10H,3-9H2,1-2H3,(H,13,14). The second-order valence-electron chi connectivity index (χ2n) is 4.68. The molecule has 0 bridgehead atoms. The van der Waals surface area contributed by atoms with Crippen LogP contribution in [-0.2, 0) is 4.74 Å². The van der Waals surface area contributed by atoms with E-state index in [4.69, 9.17) is 9.73 Å². The van der Waals surface area contributed by atoms with Gasteiger partial charge in [-0.05, 0) is 25.7 Å². The lowest BCUT2D eigenvalue weighted by molar-refractivity contribution is 0.0871. The summed E-state index contributed by atoms with van der Waals surface area (Å²) in [5, 5.41) is 4.79. The highest BCUT2D eigenvalue weighted by Crippen LogP contribution is 2.29. The van der Waals surface area contributed by atoms with Crippen LogP contribution in [0, 0.1) is 0 Å². The van der Waals surface area contributed by atoms with E-state index in [0.29, 0.717) is 11.6 Å². The molecule has 0 radical (unpaired) electrons. The van der Waals surface area contributed by atoms with E-state index in [9.17, 15) is 0 Å². The van der Waals surface area contributed by atoms with Crippen molar-refractivity contribution < 1.29 is 4.74 Å². The van der Waals surface area contributed by atoms with Crippen LogP contribution in [0.2, 0.25) is 0 Å². The minimum absolute atomic E-state index is 0.300. The quantitative estimate of drug-likeness (QED) is 0.825. The van der Waals surface area contributed by atoms with Gasteiger partial charge in [-0.25, -0.2) is 0 Å². The molecule has 0 aromatic carbocycles. The maximum atomic E-state index is 5.35. The summed E-state index contributed by atoms with van der Waals surface area (Å²) in [4.78, 5) is 4.81. The Morgan fingerprint density at radius 1 is 1.38 bits per heavy atom. The van der Waals surface area contributed by atoms with Gasteiger partial charge in [-0.15, -0.1) is 0 Å². The first kappa shape index (κ1) is 12.2. The smallest absolute Gasteiger partial charge is 0.157 e. The summed E-state index contributed by atoms with van der Waals surface area (Å²) in [5.74, 6) is 1.17. The number of hydrogen-bond acceptors (Lipinski definition) is 3. The average Bonchev–Trinajstić information content (AvgIpc) is 2.75. The number of nitrogens with zero attached hydrogens (tertiary/aromatic N) is 1. The molecular weight excluding hydrogens is 220 g/mol. The molecule has 2 fully saturated rings. The first-order valence-electron chi connectivity index (χ1n) is 6.34. The van der Waals surface area contributed by atoms with Gasteiger partial charge in [0.05, 0.1) is 6.04 Å². The Kier molecular flexibility index (Phi) is 4.14. The van der Waals surface area contributed by atoms with Gasteiger partial charge in [-0.3, -0.25) is 4.99 Å². The SMILES string of the molecule is CCC1(CC)CSC(=NC2CCOCC2)N1. The molecule has 0 spiro atoms. The van der Waals surface area contributed by atoms with Crippen LogP contribution in [0.15, 0.2) is 4.99 Å². The molecule has 2 rings (SSSR count). The highest BCUT2D eigenvalue weighted by Gasteiger charge is 2.34. The van der Waals surface area contributed by atoms with Crippen LogP contribution in [-0.4, -0.2) is 35.7 Å². The second-order valence-corrected chi connectivity index (χ2v) is 5.64. The molecule has 0 aromatic heterocycles. The maximum absolute atomic E-state index is 5.35. The normalized spacial score (nSPS) is 28.2. The minimum atomic E-state index is 0.300. The van der Waals surface area contributed by atoms with Crippen molar-refractivity contribution in [3.8, 4) is 0 Å². The number of hydrogen-bond donors (Lipinski definition) is 1. The molecule has 16 heavy (non-hydrogen) atoms. The minimum Gasteiger partial charge on any atom is -0.381 e. The lowest BCUT2D eigenvalue weighted by atomic mass is 9.96. The van der Waals surface area contributed by atoms with Gasteiger partial charge >= 0.3 is 0 Å². The maximum Gasteiger partial charge on any atom is 0.157 e. The first-order chi connectivity index (χ1) is 7.78. The lowest BCUT2D eigenvalue weighted by Crippen LogP contribution is -2.42. The van der Waals surface area contributed by atoms with Crippen molar-refractivity contribution in [2.75, 3.05) is 19.0 Å². The fourth-order valence-electron chi connectivity index (χ4n) is 2.19. The Labute approximate surface area is 102 Å². The van der Waals surface area contributed by atoms with Crippen LogP contribution in [0.4, 0.5) is 0 Å². The molecule has 0 unspecified atom stereocenters. The van der Waals surface area contributed by atoms with E-state index < -0.39 is 0 Å². The first-order valence-corrected chi connectivity index (χ1v) is 7.33. The van der Waals surface area contributed by atoms with E-state index in [1.54, 1.807) is 0 Å². The van der Waals surface area contributed by atoms with Gasteiger partial charge in [0.2, 0.25) is 0 Å². The van der Waals surface area contributed by atoms with Gasteiger partial charge in [-0.1, -0.05) is 25.6 Å². The van der Waals surface area contributed by atoms with E-state index >= 15 is 0 Å². The van der Waals surface area contributed by atoms with Crippen molar-refractivity contribution in [3.05, 3.63) is 0 Å². The molecule has 0 amide bonds. The zero-order chi connectivity index (χ0) is 11.4. The number of aliphatic imine (C=N–C) groups is 1. The van der Waals surface area contributed by atoms with Gasteiger partial charge in [-0.2, -0.15) is 0 Å². The van der Waals surface area contributed by atoms with Gasteiger partial charge in [0.25, 0.3) is 0 Å². The van der Waals surface area contributed by atoms with Crippen LogP contribution in [0.3, 0.4) is 0 Å². The Hall–Kier alpha value is -0.220. The van der Waals surface area contributed by atoms with E-state index in [0.717, 1.165) is 31.2 Å². The molecular formula is C12H22N2OS. The van der Waals surface area contributed by atoms with E-state index in [2.05, 4.69) is 19.2 Å². The summed E-state index contributed by atoms with van der Waals surface area (Å²) in [6.45, 7) is 6.26. The van der Waals surface area contributed by atoms with Crippen LogP contribution in [0.5, 0.6) is 0 Å². The Morgan fingerprint density at radius 3 is 2.62 bits per heavy atom. The van der Waals surface area contributed by atoms with Crippen LogP contribution in [0.25, 0.3) is 0 Å². The molecule has 2 aliphatic heterocycles. The number of rotatable bonds is 3. The van der Waals surface area contributed by atoms with Crippen molar-refractivity contribution in [2.24, 2.45) is 4.99 Å². The molecule has 0 atom stereocenters. The highest BCUT2D eigenvalue weighted by molar-refractivity contribution is 8.14. The van der Waals surface area contributed by atoms with Gasteiger partial charge < -0.3 is 10.1 Å². The molecule has 92 valence electrons. The molecule has 0 aliphatic carbocycles. The summed E-state index contributed by atoms with van der Waals surface area (Å²) in [6, 6.07) is 0.480. The van der Waals surface area contributed by atoms with Gasteiger partial charge in [0.1, 0.15) is 0 Å². The van der Waals surface area contributed by atoms with Crippen LogP contribution >= 0.6 is 11.8 Å². The lowest BCUT2D eigenvalue weighted by Gasteiger charge is -2.26. The summed E-state index contributed by atoms with van der Waals surface area (Å²) in [5.41, 5.74) is 0.300. The third kappa shape index (κ3) is 2.72. The fourth-order valence-corrected chi connectivity index (χ4v) is 3.59. The van der Waals surface area contributed by atoms with Crippen molar-refractivity contribution in [1.29, 1.82) is 0 Å². The summed E-state index contributed by atoms with van der Waals surface area (Å²) in [6.07, 6.45) is 4.53. The third-order valence-corrected chi connectivity index (χ3v) is 4.88. The summed E-state index contributed by atoms with van der Waals surface area (Å²) >= 11 is 1.89. The Morgan fingerprint density at radius 2 is 2.06 bits per heavy atom. The van der Waals surface area contributed by atoms with E-state index in [-0.39, 0.29) is 0 Å². The third-order valence-electron chi connectivity index (χ3n) is 3.70. The van der Waals surface area contributed by atoms with Crippen LogP contribution < -0.4 is 5.32 Å². The van der Waals surface area contributed by atoms with Gasteiger partial charge in [0, 0.05) is 24.5 Å². The number of thioether (sulfide) groups is 1. The second kappa shape index (κ2) is 5.41. The molecule has 1 N–H and O–H groups in total. The van der Waals surface area contributed by atoms with E-state index in [1.807, 2.05) is 11.8 Å². The highest BCUT2D eigenvalue weighted by atomic mass is 32.2. The van der Waals surface area contributed by atoms with Crippen molar-refractivity contribution in [3.63, 3.8) is 0 Å². The molecule has 3 nitrogen and oxygen atoms in total. The van der Waals surface area contributed by atoms with Crippen molar-refractivity contribution in [2.45, 2.75) is 51.1 Å². The molecule has 2 saturated heterocycles. The molecule has 0 aromatic rings. The molecule has 4 heteroatoms. The number of nitrogens with one attached hydrogen (secondary N) is 1. The number of ether oxygens (including phenoxy) is 1. The summed E-state index contributed by atoms with van der Waals surface area (Å²) in [7, 11) is 0. The fraction of sp³-hybridized carbons (Fsp3) is 0.917. The van der Waals surface area contributed by atoms with Gasteiger partial charge in [0.15, 0.2) is 5.17 Å². The zero-order valence-electron chi connectivity index (χ0n) is 10.3. The monoisotopic (exact) mass is 242 g/mol. The predicted octanol–water partition coefficient (Wildman–Crippen LogP) is 2.42. The van der Waals surface area contributed by atoms with Crippen LogP contribution in [0.1, 0.15) is 39.5 Å². The number of amidine groups is 1. The topological polar surface area (TPSA) is 33.6 Å². The predicted molar refractivity (Wildman–Crippen MR) is 70.2 cm³/mol. The molecule has 0 saturated carbocycles. The Balaban J connectivity index is 1.93. The molecule has 2 heterocycles. The van der Waals surface area contributed by atoms with E-state index in [1.165, 1.54) is 18.6 Å². The van der Waals surface area contributed by atoms with Crippen molar-refractivity contribution in [1.82, 2.24) is 5.32 Å². The zero-order valence-corrected chi connectivity index (χ0v) is 11.1. The van der Waals surface area contributed by atoms with Crippen molar-refractivity contribution >= 4 is 16.9 Å².